The molecule has 0 fully saturated rings. The Morgan fingerprint density at radius 1 is 0.476 bits per heavy atom. The van der Waals surface area contributed by atoms with Crippen LogP contribution in [0.1, 0.15) is 44.5 Å². The molecule has 0 saturated heterocycles. The fourth-order valence-corrected chi connectivity index (χ4v) is 2.83. The summed E-state index contributed by atoms with van der Waals surface area (Å²) in [4.78, 5) is 0. The number of anilines is 2. The molecule has 1 N–H and O–H groups in total. The Kier molecular flexibility index (Phi) is 4.13. The van der Waals surface area contributed by atoms with E-state index in [2.05, 4.69) is 72.8 Å². The number of nitrogens with one attached hydrogen (secondary N) is 1. The molecule has 0 saturated carbocycles. The topological polar surface area (TPSA) is 12.0 Å². The minimum absolute atomic E-state index is 1.22. The second-order valence-electron chi connectivity index (χ2n) is 6.36. The molecule has 0 aliphatic rings. The summed E-state index contributed by atoms with van der Waals surface area (Å²) in [5.41, 5.74) is 13.4. The van der Waals surface area contributed by atoms with Gasteiger partial charge < -0.3 is 5.32 Å². The van der Waals surface area contributed by atoms with E-state index in [1.54, 1.807) is 0 Å². The van der Waals surface area contributed by atoms with E-state index in [0.29, 0.717) is 0 Å². The third kappa shape index (κ3) is 2.70. The quantitative estimate of drug-likeness (QED) is 0.723. The molecule has 0 unspecified atom stereocenters. The van der Waals surface area contributed by atoms with Crippen LogP contribution >= 0.6 is 0 Å². The summed E-state index contributed by atoms with van der Waals surface area (Å²) in [6.45, 7) is 17.6. The highest BCUT2D eigenvalue weighted by Gasteiger charge is 2.11. The van der Waals surface area contributed by atoms with E-state index in [4.69, 9.17) is 0 Å². The van der Waals surface area contributed by atoms with Gasteiger partial charge in [-0.2, -0.15) is 0 Å². The molecular weight excluding hydrogens is 254 g/mol. The van der Waals surface area contributed by atoms with Crippen LogP contribution in [0.25, 0.3) is 0 Å². The molecule has 2 aromatic carbocycles. The van der Waals surface area contributed by atoms with Crippen LogP contribution in [0.4, 0.5) is 11.4 Å². The van der Waals surface area contributed by atoms with Crippen LogP contribution < -0.4 is 5.32 Å². The van der Waals surface area contributed by atoms with Gasteiger partial charge in [-0.15, -0.1) is 0 Å². The zero-order valence-electron chi connectivity index (χ0n) is 14.7. The molecule has 0 heterocycles. The second-order valence-corrected chi connectivity index (χ2v) is 6.36. The van der Waals surface area contributed by atoms with Crippen LogP contribution in [-0.2, 0) is 0 Å². The molecule has 21 heavy (non-hydrogen) atoms. The highest BCUT2D eigenvalue weighted by Crippen LogP contribution is 2.31. The Morgan fingerprint density at radius 2 is 0.810 bits per heavy atom. The Hall–Kier alpha value is -1.76. The summed E-state index contributed by atoms with van der Waals surface area (Å²) in [5.74, 6) is 0. The Labute approximate surface area is 129 Å². The average Bonchev–Trinajstić information content (AvgIpc) is 2.45. The predicted molar refractivity (Wildman–Crippen MR) is 94.1 cm³/mol. The molecule has 0 aromatic heterocycles. The maximum Gasteiger partial charge on any atom is 0.0419 e. The number of benzene rings is 2. The number of hydrogen-bond acceptors (Lipinski definition) is 1. The van der Waals surface area contributed by atoms with Gasteiger partial charge in [0.1, 0.15) is 0 Å². The van der Waals surface area contributed by atoms with Gasteiger partial charge in [-0.05, 0) is 112 Å². The lowest BCUT2D eigenvalue weighted by atomic mass is 9.95. The fourth-order valence-electron chi connectivity index (χ4n) is 2.83. The summed E-state index contributed by atoms with van der Waals surface area (Å²) in [6.07, 6.45) is 0. The number of hydrogen-bond donors (Lipinski definition) is 1. The van der Waals surface area contributed by atoms with Crippen molar-refractivity contribution < 1.29 is 0 Å². The fraction of sp³-hybridized carbons (Fsp3) is 0.400. The minimum Gasteiger partial charge on any atom is -0.355 e. The van der Waals surface area contributed by atoms with Gasteiger partial charge in [0.15, 0.2) is 0 Å². The molecule has 0 bridgehead atoms. The molecule has 1 nitrogen and oxygen atoms in total. The van der Waals surface area contributed by atoms with Crippen molar-refractivity contribution in [3.63, 3.8) is 0 Å². The maximum atomic E-state index is 3.66. The molecule has 0 atom stereocenters. The smallest absolute Gasteiger partial charge is 0.0419 e. The average molecular weight is 281 g/mol. The van der Waals surface area contributed by atoms with Gasteiger partial charge in [0.25, 0.3) is 0 Å². The first-order valence-electron chi connectivity index (χ1n) is 7.65. The van der Waals surface area contributed by atoms with Crippen molar-refractivity contribution >= 4 is 11.4 Å². The first-order valence-corrected chi connectivity index (χ1v) is 7.65. The molecular formula is C20H27N. The van der Waals surface area contributed by atoms with E-state index >= 15 is 0 Å². The lowest BCUT2D eigenvalue weighted by molar-refractivity contribution is 1.19. The summed E-state index contributed by atoms with van der Waals surface area (Å²) in [5, 5.41) is 3.66. The van der Waals surface area contributed by atoms with Crippen molar-refractivity contribution in [1.29, 1.82) is 0 Å². The third-order valence-electron chi connectivity index (χ3n) is 5.23. The minimum atomic E-state index is 1.22. The summed E-state index contributed by atoms with van der Waals surface area (Å²) in [7, 11) is 0. The van der Waals surface area contributed by atoms with Gasteiger partial charge >= 0.3 is 0 Å². The zero-order chi connectivity index (χ0) is 15.9. The van der Waals surface area contributed by atoms with E-state index in [9.17, 15) is 0 Å². The number of aryl methyl sites for hydroxylation is 2. The molecule has 0 spiro atoms. The van der Waals surface area contributed by atoms with Crippen molar-refractivity contribution in [2.24, 2.45) is 0 Å². The SMILES string of the molecule is Cc1cc(Nc2cc(C)c(C)c(C)c2C)c(C)c(C)c1C. The largest absolute Gasteiger partial charge is 0.355 e. The van der Waals surface area contributed by atoms with Gasteiger partial charge in [0, 0.05) is 11.4 Å². The molecule has 0 aliphatic carbocycles. The Morgan fingerprint density at radius 3 is 1.14 bits per heavy atom. The lowest BCUT2D eigenvalue weighted by Crippen LogP contribution is -2.02. The van der Waals surface area contributed by atoms with Gasteiger partial charge in [0.05, 0.1) is 0 Å². The van der Waals surface area contributed by atoms with Crippen molar-refractivity contribution in [2.75, 3.05) is 5.32 Å². The van der Waals surface area contributed by atoms with Crippen LogP contribution in [0.3, 0.4) is 0 Å². The molecule has 112 valence electrons. The van der Waals surface area contributed by atoms with E-state index in [1.807, 2.05) is 0 Å². The van der Waals surface area contributed by atoms with Crippen LogP contribution in [0.2, 0.25) is 0 Å². The van der Waals surface area contributed by atoms with Gasteiger partial charge in [-0.1, -0.05) is 0 Å². The first kappa shape index (κ1) is 15.6. The maximum absolute atomic E-state index is 3.66. The van der Waals surface area contributed by atoms with Crippen LogP contribution in [-0.4, -0.2) is 0 Å². The Bertz CT molecular complexity index is 647. The molecule has 2 rings (SSSR count). The van der Waals surface area contributed by atoms with E-state index in [0.717, 1.165) is 0 Å². The standard InChI is InChI=1S/C20H27N/c1-11-9-19(17(7)15(5)13(11)3)21-20-10-12(2)14(4)16(6)18(20)8/h9-10,21H,1-8H3. The lowest BCUT2D eigenvalue weighted by Gasteiger charge is -2.19. The Balaban J connectivity index is 2.54. The normalized spacial score (nSPS) is 10.9. The first-order chi connectivity index (χ1) is 9.73. The molecule has 2 aromatic rings. The summed E-state index contributed by atoms with van der Waals surface area (Å²) in [6, 6.07) is 4.53. The van der Waals surface area contributed by atoms with E-state index in [1.165, 1.54) is 55.9 Å². The molecule has 1 heteroatoms. The van der Waals surface area contributed by atoms with Crippen LogP contribution in [0, 0.1) is 55.4 Å². The number of rotatable bonds is 2. The van der Waals surface area contributed by atoms with E-state index < -0.39 is 0 Å². The van der Waals surface area contributed by atoms with Gasteiger partial charge in [0.2, 0.25) is 0 Å². The van der Waals surface area contributed by atoms with E-state index in [-0.39, 0.29) is 0 Å². The molecule has 0 radical (unpaired) electrons. The van der Waals surface area contributed by atoms with Crippen molar-refractivity contribution in [3.05, 3.63) is 56.6 Å². The summed E-state index contributed by atoms with van der Waals surface area (Å²) < 4.78 is 0. The monoisotopic (exact) mass is 281 g/mol. The summed E-state index contributed by atoms with van der Waals surface area (Å²) >= 11 is 0. The predicted octanol–water partition coefficient (Wildman–Crippen LogP) is 5.90. The third-order valence-corrected chi connectivity index (χ3v) is 5.23. The van der Waals surface area contributed by atoms with Gasteiger partial charge in [-0.25, -0.2) is 0 Å². The molecule has 0 aliphatic heterocycles. The van der Waals surface area contributed by atoms with Crippen LogP contribution in [0.15, 0.2) is 12.1 Å². The molecule has 0 amide bonds. The highest BCUT2D eigenvalue weighted by atomic mass is 14.9. The zero-order valence-corrected chi connectivity index (χ0v) is 14.7. The second kappa shape index (κ2) is 5.55. The van der Waals surface area contributed by atoms with Crippen LogP contribution in [0.5, 0.6) is 0 Å². The van der Waals surface area contributed by atoms with Crippen molar-refractivity contribution in [2.45, 2.75) is 55.4 Å². The highest BCUT2D eigenvalue weighted by molar-refractivity contribution is 5.71. The van der Waals surface area contributed by atoms with Gasteiger partial charge in [-0.3, -0.25) is 0 Å². The van der Waals surface area contributed by atoms with Crippen molar-refractivity contribution in [3.8, 4) is 0 Å². The van der Waals surface area contributed by atoms with Crippen molar-refractivity contribution in [1.82, 2.24) is 0 Å².